The predicted octanol–water partition coefficient (Wildman–Crippen LogP) is 3.03. The van der Waals surface area contributed by atoms with E-state index in [0.29, 0.717) is 0 Å². The van der Waals surface area contributed by atoms with Crippen LogP contribution in [0.3, 0.4) is 0 Å². The van der Waals surface area contributed by atoms with Crippen LogP contribution < -0.4 is 5.73 Å². The Labute approximate surface area is 120 Å². The first-order chi connectivity index (χ1) is 8.70. The highest BCUT2D eigenvalue weighted by atomic mass is 32.1. The van der Waals surface area contributed by atoms with E-state index in [9.17, 15) is 0 Å². The molecule has 2 heterocycles. The summed E-state index contributed by atoms with van der Waals surface area (Å²) in [5, 5.41) is 2.13. The average Bonchev–Trinajstić information content (AvgIpc) is 2.64. The van der Waals surface area contributed by atoms with Crippen molar-refractivity contribution in [3.8, 4) is 0 Å². The lowest BCUT2D eigenvalue weighted by atomic mass is 9.95. The van der Waals surface area contributed by atoms with Crippen molar-refractivity contribution in [3.05, 3.63) is 22.4 Å². The van der Waals surface area contributed by atoms with Crippen molar-refractivity contribution in [2.45, 2.75) is 57.9 Å². The molecule has 1 aliphatic heterocycles. The standard InChI is InChI=1S/C15H26N2OS/c1-11(16)13(12-7-6-8-19-12)17-9-14(2,3)18-15(4,5)10-17/h6-8,11,13H,9-10,16H2,1-5H3. The van der Waals surface area contributed by atoms with Gasteiger partial charge in [0.2, 0.25) is 0 Å². The molecule has 2 N–H and O–H groups in total. The van der Waals surface area contributed by atoms with Crippen molar-refractivity contribution in [2.75, 3.05) is 13.1 Å². The van der Waals surface area contributed by atoms with E-state index in [2.05, 4.69) is 57.0 Å². The number of nitrogens with zero attached hydrogens (tertiary/aromatic N) is 1. The lowest BCUT2D eigenvalue weighted by Crippen LogP contribution is -2.59. The summed E-state index contributed by atoms with van der Waals surface area (Å²) in [4.78, 5) is 3.84. The highest BCUT2D eigenvalue weighted by Crippen LogP contribution is 2.35. The largest absolute Gasteiger partial charge is 0.367 e. The molecular formula is C15H26N2OS. The first kappa shape index (κ1) is 15.0. The van der Waals surface area contributed by atoms with Crippen LogP contribution in [0.15, 0.2) is 17.5 Å². The number of hydrogen-bond donors (Lipinski definition) is 1. The number of hydrogen-bond acceptors (Lipinski definition) is 4. The second-order valence-corrected chi connectivity index (χ2v) is 7.83. The summed E-state index contributed by atoms with van der Waals surface area (Å²) in [6, 6.07) is 4.69. The van der Waals surface area contributed by atoms with Gasteiger partial charge in [-0.1, -0.05) is 6.07 Å². The predicted molar refractivity (Wildman–Crippen MR) is 81.5 cm³/mol. The topological polar surface area (TPSA) is 38.5 Å². The van der Waals surface area contributed by atoms with Crippen molar-refractivity contribution in [1.82, 2.24) is 4.90 Å². The Morgan fingerprint density at radius 3 is 2.26 bits per heavy atom. The minimum Gasteiger partial charge on any atom is -0.367 e. The van der Waals surface area contributed by atoms with Gasteiger partial charge < -0.3 is 10.5 Å². The first-order valence-corrected chi connectivity index (χ1v) is 7.81. The van der Waals surface area contributed by atoms with Crippen LogP contribution in [0.4, 0.5) is 0 Å². The summed E-state index contributed by atoms with van der Waals surface area (Å²) in [5.41, 5.74) is 5.99. The van der Waals surface area contributed by atoms with E-state index in [1.807, 2.05) is 0 Å². The molecule has 3 nitrogen and oxygen atoms in total. The Bertz CT molecular complexity index is 396. The number of rotatable bonds is 3. The Hall–Kier alpha value is -0.420. The maximum absolute atomic E-state index is 6.26. The Kier molecular flexibility index (Phi) is 4.07. The molecule has 1 saturated heterocycles. The molecule has 4 heteroatoms. The molecule has 0 saturated carbocycles. The minimum atomic E-state index is -0.133. The fraction of sp³-hybridized carbons (Fsp3) is 0.733. The molecule has 0 spiro atoms. The van der Waals surface area contributed by atoms with Crippen LogP contribution in [0.25, 0.3) is 0 Å². The Morgan fingerprint density at radius 2 is 1.84 bits per heavy atom. The van der Waals surface area contributed by atoms with Crippen LogP contribution >= 0.6 is 11.3 Å². The van der Waals surface area contributed by atoms with Crippen LogP contribution in [0, 0.1) is 0 Å². The van der Waals surface area contributed by atoms with Gasteiger partial charge in [-0.3, -0.25) is 4.90 Å². The van der Waals surface area contributed by atoms with Crippen molar-refractivity contribution >= 4 is 11.3 Å². The van der Waals surface area contributed by atoms with E-state index in [4.69, 9.17) is 10.5 Å². The highest BCUT2D eigenvalue weighted by molar-refractivity contribution is 7.10. The molecule has 2 atom stereocenters. The van der Waals surface area contributed by atoms with Gasteiger partial charge in [-0.15, -0.1) is 11.3 Å². The molecule has 2 unspecified atom stereocenters. The lowest BCUT2D eigenvalue weighted by molar-refractivity contribution is -0.189. The number of nitrogens with two attached hydrogens (primary N) is 1. The van der Waals surface area contributed by atoms with Crippen LogP contribution in [-0.2, 0) is 4.74 Å². The van der Waals surface area contributed by atoms with Gasteiger partial charge in [0.15, 0.2) is 0 Å². The zero-order valence-corrected chi connectivity index (χ0v) is 13.5. The molecule has 108 valence electrons. The highest BCUT2D eigenvalue weighted by Gasteiger charge is 2.41. The van der Waals surface area contributed by atoms with Gasteiger partial charge >= 0.3 is 0 Å². The van der Waals surface area contributed by atoms with Crippen molar-refractivity contribution < 1.29 is 4.74 Å². The molecule has 1 aromatic rings. The molecular weight excluding hydrogens is 256 g/mol. The van der Waals surface area contributed by atoms with Gasteiger partial charge in [0, 0.05) is 24.0 Å². The van der Waals surface area contributed by atoms with Crippen LogP contribution in [0.5, 0.6) is 0 Å². The van der Waals surface area contributed by atoms with Crippen molar-refractivity contribution in [1.29, 1.82) is 0 Å². The quantitative estimate of drug-likeness (QED) is 0.926. The molecule has 0 amide bonds. The summed E-state index contributed by atoms with van der Waals surface area (Å²) >= 11 is 1.79. The van der Waals surface area contributed by atoms with Gasteiger partial charge in [-0.2, -0.15) is 0 Å². The summed E-state index contributed by atoms with van der Waals surface area (Å²) in [6.07, 6.45) is 0. The first-order valence-electron chi connectivity index (χ1n) is 6.93. The molecule has 0 bridgehead atoms. The van der Waals surface area contributed by atoms with Gasteiger partial charge in [0.05, 0.1) is 17.2 Å². The zero-order valence-electron chi connectivity index (χ0n) is 12.6. The van der Waals surface area contributed by atoms with Crippen LogP contribution in [0.2, 0.25) is 0 Å². The van der Waals surface area contributed by atoms with Gasteiger partial charge in [0.1, 0.15) is 0 Å². The molecule has 1 aliphatic rings. The molecule has 0 aromatic carbocycles. The second kappa shape index (κ2) is 5.17. The van der Waals surface area contributed by atoms with Gasteiger partial charge in [-0.25, -0.2) is 0 Å². The number of ether oxygens (including phenoxy) is 1. The number of morpholine rings is 1. The third kappa shape index (κ3) is 3.57. The van der Waals surface area contributed by atoms with E-state index in [1.165, 1.54) is 4.88 Å². The summed E-state index contributed by atoms with van der Waals surface area (Å²) in [6.45, 7) is 12.6. The smallest absolute Gasteiger partial charge is 0.0761 e. The zero-order chi connectivity index (χ0) is 14.3. The summed E-state index contributed by atoms with van der Waals surface area (Å²) in [5.74, 6) is 0. The molecule has 0 aliphatic carbocycles. The maximum atomic E-state index is 6.26. The monoisotopic (exact) mass is 282 g/mol. The summed E-state index contributed by atoms with van der Waals surface area (Å²) in [7, 11) is 0. The van der Waals surface area contributed by atoms with Gasteiger partial charge in [0.25, 0.3) is 0 Å². The average molecular weight is 282 g/mol. The second-order valence-electron chi connectivity index (χ2n) is 6.85. The number of thiophene rings is 1. The third-order valence-corrected chi connectivity index (χ3v) is 4.39. The Morgan fingerprint density at radius 1 is 1.26 bits per heavy atom. The fourth-order valence-electron chi connectivity index (χ4n) is 3.27. The minimum absolute atomic E-state index is 0.114. The van der Waals surface area contributed by atoms with Gasteiger partial charge in [-0.05, 0) is 46.1 Å². The van der Waals surface area contributed by atoms with Crippen LogP contribution in [0.1, 0.15) is 45.5 Å². The molecule has 0 radical (unpaired) electrons. The molecule has 2 rings (SSSR count). The van der Waals surface area contributed by atoms with Crippen molar-refractivity contribution in [2.24, 2.45) is 5.73 Å². The van der Waals surface area contributed by atoms with E-state index in [-0.39, 0.29) is 23.3 Å². The fourth-order valence-corrected chi connectivity index (χ4v) is 4.25. The van der Waals surface area contributed by atoms with E-state index >= 15 is 0 Å². The van der Waals surface area contributed by atoms with Crippen LogP contribution in [-0.4, -0.2) is 35.2 Å². The normalized spacial score (nSPS) is 26.0. The van der Waals surface area contributed by atoms with Crippen molar-refractivity contribution in [3.63, 3.8) is 0 Å². The Balaban J connectivity index is 2.27. The van der Waals surface area contributed by atoms with E-state index in [1.54, 1.807) is 11.3 Å². The lowest BCUT2D eigenvalue weighted by Gasteiger charge is -2.50. The molecule has 1 aromatic heterocycles. The molecule has 1 fully saturated rings. The third-order valence-electron chi connectivity index (χ3n) is 3.45. The van der Waals surface area contributed by atoms with E-state index < -0.39 is 0 Å². The summed E-state index contributed by atoms with van der Waals surface area (Å²) < 4.78 is 6.16. The maximum Gasteiger partial charge on any atom is 0.0761 e. The molecule has 19 heavy (non-hydrogen) atoms. The SMILES string of the molecule is CC(N)C(c1cccs1)N1CC(C)(C)OC(C)(C)C1. The van der Waals surface area contributed by atoms with E-state index in [0.717, 1.165) is 13.1 Å².